The number of ether oxygens (including phenoxy) is 9. The molecule has 0 unspecified atom stereocenters. The van der Waals surface area contributed by atoms with Gasteiger partial charge in [-0.15, -0.1) is 0 Å². The summed E-state index contributed by atoms with van der Waals surface area (Å²) in [5.74, 6) is -2.21. The van der Waals surface area contributed by atoms with Gasteiger partial charge in [-0.2, -0.15) is 0 Å². The van der Waals surface area contributed by atoms with Crippen LogP contribution in [-0.4, -0.2) is 264 Å². The Morgan fingerprint density at radius 2 is 0.891 bits per heavy atom. The summed E-state index contributed by atoms with van der Waals surface area (Å²) in [7, 11) is 0. The first-order chi connectivity index (χ1) is 30.1. The maximum atomic E-state index is 12.7. The van der Waals surface area contributed by atoms with Gasteiger partial charge in [0.25, 0.3) is 0 Å². The van der Waals surface area contributed by atoms with Crippen molar-refractivity contribution < 1.29 is 123 Å². The fourth-order valence-corrected chi connectivity index (χ4v) is 8.05. The first kappa shape index (κ1) is 52.5. The third-order valence-electron chi connectivity index (χ3n) is 11.5. The molecule has 5 heterocycles. The lowest BCUT2D eigenvalue weighted by molar-refractivity contribution is -0.397. The third kappa shape index (κ3) is 11.6. The van der Waals surface area contributed by atoms with Gasteiger partial charge in [0.2, 0.25) is 17.7 Å². The largest absolute Gasteiger partial charge is 0.394 e. The number of hydrogen-bond donors (Lipinski definition) is 16. The summed E-state index contributed by atoms with van der Waals surface area (Å²) in [6, 6.07) is -4.71. The summed E-state index contributed by atoms with van der Waals surface area (Å²) >= 11 is 0. The molecule has 5 aliphatic heterocycles. The topological polar surface area (TPSA) is 433 Å². The average molecular weight is 936 g/mol. The Bertz CT molecular complexity index is 1540. The standard InChI is InChI=1S/C36H61N3O25/c1-9-20(46)27(53)28(54)35(57-9)64-31-30(63-34-18(38-11(3)44)26(52)21(47)13(5-40)60-34)24(50)15(7-42)61-36(31)62-29-19(39-12(4)45)33(59-14(6-41)23(29)49)56-8-16-22(48)25(51)17(32(55)58-16)37-10(2)43/h9,13-36,40-42,46-55H,5-8H2,1-4H3,(H,37,43)(H,38,44)(H,39,45)/t9-,13+,14+,15+,16+,17+,18+,19+,20+,21-,22-,23+,24-,25+,26+,27+,28-,29+,30-,31+,32-,33+,34+,35-,36-/m0/s1. The Balaban J connectivity index is 1.51. The van der Waals surface area contributed by atoms with E-state index in [0.717, 1.165) is 20.8 Å². The molecule has 370 valence electrons. The number of carbonyl (C=O) groups is 3. The summed E-state index contributed by atoms with van der Waals surface area (Å²) in [6.07, 6.45) is -39.5. The van der Waals surface area contributed by atoms with Crippen molar-refractivity contribution in [1.82, 2.24) is 16.0 Å². The highest BCUT2D eigenvalue weighted by Gasteiger charge is 2.57. The van der Waals surface area contributed by atoms with E-state index < -0.39 is 197 Å². The highest BCUT2D eigenvalue weighted by Crippen LogP contribution is 2.36. The Hall–Kier alpha value is -2.47. The van der Waals surface area contributed by atoms with Gasteiger partial charge in [0.1, 0.15) is 116 Å². The van der Waals surface area contributed by atoms with Crippen LogP contribution in [0.3, 0.4) is 0 Å². The zero-order valence-corrected chi connectivity index (χ0v) is 35.0. The monoisotopic (exact) mass is 935 g/mol. The average Bonchev–Trinajstić information content (AvgIpc) is 3.24. The van der Waals surface area contributed by atoms with E-state index in [9.17, 15) is 80.8 Å². The molecule has 0 aliphatic carbocycles. The van der Waals surface area contributed by atoms with Crippen molar-refractivity contribution in [1.29, 1.82) is 0 Å². The maximum Gasteiger partial charge on any atom is 0.217 e. The molecule has 0 spiro atoms. The highest BCUT2D eigenvalue weighted by atomic mass is 16.8. The molecule has 0 aromatic heterocycles. The number of rotatable bonds is 15. The van der Waals surface area contributed by atoms with Crippen LogP contribution in [0.5, 0.6) is 0 Å². The first-order valence-electron chi connectivity index (χ1n) is 20.4. The summed E-state index contributed by atoms with van der Waals surface area (Å²) in [5, 5.41) is 147. The van der Waals surface area contributed by atoms with Gasteiger partial charge in [0.15, 0.2) is 31.5 Å². The lowest BCUT2D eigenvalue weighted by Gasteiger charge is -2.51. The fraction of sp³-hybridized carbons (Fsp3) is 0.917. The molecule has 0 saturated carbocycles. The van der Waals surface area contributed by atoms with Crippen LogP contribution in [0.2, 0.25) is 0 Å². The van der Waals surface area contributed by atoms with Crippen LogP contribution in [0.15, 0.2) is 0 Å². The number of carbonyl (C=O) groups excluding carboxylic acids is 3. The molecular weight excluding hydrogens is 874 g/mol. The van der Waals surface area contributed by atoms with E-state index in [4.69, 9.17) is 42.6 Å². The minimum atomic E-state index is -2.05. The predicted octanol–water partition coefficient (Wildman–Crippen LogP) is -10.5. The maximum absolute atomic E-state index is 12.7. The van der Waals surface area contributed by atoms with Gasteiger partial charge < -0.3 is 125 Å². The number of aliphatic hydroxyl groups is 13. The second kappa shape index (κ2) is 22.6. The smallest absolute Gasteiger partial charge is 0.217 e. The van der Waals surface area contributed by atoms with Gasteiger partial charge in [-0.25, -0.2) is 0 Å². The van der Waals surface area contributed by atoms with Gasteiger partial charge in [-0.05, 0) is 6.92 Å². The number of amides is 3. The second-order valence-corrected chi connectivity index (χ2v) is 16.2. The van der Waals surface area contributed by atoms with E-state index in [1.807, 2.05) is 0 Å². The van der Waals surface area contributed by atoms with E-state index in [1.165, 1.54) is 6.92 Å². The molecule has 0 radical (unpaired) electrons. The van der Waals surface area contributed by atoms with E-state index in [0.29, 0.717) is 0 Å². The van der Waals surface area contributed by atoms with Crippen LogP contribution in [-0.2, 0) is 57.0 Å². The first-order valence-corrected chi connectivity index (χ1v) is 20.4. The van der Waals surface area contributed by atoms with Crippen molar-refractivity contribution in [2.45, 2.75) is 181 Å². The lowest BCUT2D eigenvalue weighted by atomic mass is 9.94. The van der Waals surface area contributed by atoms with E-state index >= 15 is 0 Å². The molecule has 3 amide bonds. The Kier molecular flexibility index (Phi) is 18.5. The molecule has 28 nitrogen and oxygen atoms in total. The molecule has 5 rings (SSSR count). The zero-order valence-electron chi connectivity index (χ0n) is 35.0. The molecule has 5 saturated heterocycles. The van der Waals surface area contributed by atoms with Crippen molar-refractivity contribution in [2.75, 3.05) is 26.4 Å². The molecule has 5 fully saturated rings. The molecule has 25 atom stereocenters. The van der Waals surface area contributed by atoms with Gasteiger partial charge in [-0.3, -0.25) is 14.4 Å². The molecule has 0 aromatic rings. The number of aliphatic hydroxyl groups excluding tert-OH is 13. The van der Waals surface area contributed by atoms with E-state index in [1.54, 1.807) is 0 Å². The van der Waals surface area contributed by atoms with E-state index in [-0.39, 0.29) is 0 Å². The lowest BCUT2D eigenvalue weighted by Crippen LogP contribution is -2.71. The molecule has 28 heteroatoms. The van der Waals surface area contributed by atoms with Crippen LogP contribution in [0.1, 0.15) is 27.7 Å². The van der Waals surface area contributed by atoms with Crippen LogP contribution in [0.4, 0.5) is 0 Å². The third-order valence-corrected chi connectivity index (χ3v) is 11.5. The van der Waals surface area contributed by atoms with Crippen molar-refractivity contribution >= 4 is 17.7 Å². The summed E-state index contributed by atoms with van der Waals surface area (Å²) < 4.78 is 52.7. The molecule has 5 aliphatic rings. The summed E-state index contributed by atoms with van der Waals surface area (Å²) in [5.41, 5.74) is 0. The summed E-state index contributed by atoms with van der Waals surface area (Å²) in [6.45, 7) is 0.967. The quantitative estimate of drug-likeness (QED) is 0.0725. The zero-order chi connectivity index (χ0) is 47.5. The van der Waals surface area contributed by atoms with Gasteiger partial charge in [0.05, 0.1) is 32.5 Å². The van der Waals surface area contributed by atoms with Crippen LogP contribution in [0, 0.1) is 0 Å². The van der Waals surface area contributed by atoms with Crippen molar-refractivity contribution in [3.63, 3.8) is 0 Å². The molecular formula is C36H61N3O25. The van der Waals surface area contributed by atoms with Gasteiger partial charge >= 0.3 is 0 Å². The minimum Gasteiger partial charge on any atom is -0.394 e. The molecule has 64 heavy (non-hydrogen) atoms. The van der Waals surface area contributed by atoms with Crippen LogP contribution < -0.4 is 16.0 Å². The Morgan fingerprint density at radius 3 is 1.47 bits per heavy atom. The van der Waals surface area contributed by atoms with Crippen LogP contribution >= 0.6 is 0 Å². The van der Waals surface area contributed by atoms with Crippen molar-refractivity contribution in [2.24, 2.45) is 0 Å². The molecule has 16 N–H and O–H groups in total. The highest BCUT2D eigenvalue weighted by molar-refractivity contribution is 5.74. The SMILES string of the molecule is CC(=O)N[C@@H]1[C@@H](O)[C@@H](O)[C@@H](CO[C@@H]2O[C@H](CO)[C@@H](O)[C@H](O[C@@H]3O[C@H](CO)[C@H](O)[C@H](O[C@H]4O[C@H](CO)[C@H](O)[C@H](O)[C@H]4NC(C)=O)[C@H]3O[C@@H]3O[C@@H](C)[C@@H](O)[C@@H](O)[C@@H]3O)[C@H]2NC(C)=O)O[C@@H]1O. The Labute approximate surface area is 364 Å². The summed E-state index contributed by atoms with van der Waals surface area (Å²) in [4.78, 5) is 36.5. The number of nitrogens with one attached hydrogen (secondary N) is 3. The Morgan fingerprint density at radius 1 is 0.438 bits per heavy atom. The number of hydrogen-bond acceptors (Lipinski definition) is 25. The van der Waals surface area contributed by atoms with Crippen molar-refractivity contribution in [3.05, 3.63) is 0 Å². The molecule has 0 aromatic carbocycles. The van der Waals surface area contributed by atoms with Gasteiger partial charge in [-0.1, -0.05) is 0 Å². The van der Waals surface area contributed by atoms with E-state index in [2.05, 4.69) is 16.0 Å². The molecule has 0 bridgehead atoms. The normalized spacial score (nSPS) is 47.7. The minimum absolute atomic E-state index is 0.659. The predicted molar refractivity (Wildman–Crippen MR) is 200 cm³/mol. The fourth-order valence-electron chi connectivity index (χ4n) is 8.05. The van der Waals surface area contributed by atoms with Crippen molar-refractivity contribution in [3.8, 4) is 0 Å². The van der Waals surface area contributed by atoms with Gasteiger partial charge in [0, 0.05) is 20.8 Å². The van der Waals surface area contributed by atoms with Crippen LogP contribution in [0.25, 0.3) is 0 Å². The second-order valence-electron chi connectivity index (χ2n) is 16.2.